The highest BCUT2D eigenvalue weighted by atomic mass is 16.5. The van der Waals surface area contributed by atoms with Crippen LogP contribution in [-0.2, 0) is 14.3 Å². The molecule has 6 heteroatoms. The second-order valence-electron chi connectivity index (χ2n) is 5.90. The standard InChI is InChI=1S/C18H23NO5/c1-13(2)11-19-17(20)12-24-18(21)7-5-14-4-6-15-16(10-14)23-9-3-8-22-15/h4-7,10,13H,3,8-9,11-12H2,1-2H3,(H,19,20)/b7-5+. The molecule has 0 aliphatic carbocycles. The number of carbonyl (C=O) groups excluding carboxylic acids is 2. The van der Waals surface area contributed by atoms with Crippen molar-refractivity contribution in [3.05, 3.63) is 29.8 Å². The van der Waals surface area contributed by atoms with E-state index in [0.29, 0.717) is 37.2 Å². The Morgan fingerprint density at radius 3 is 2.75 bits per heavy atom. The van der Waals surface area contributed by atoms with Crippen LogP contribution in [0.5, 0.6) is 11.5 Å². The SMILES string of the molecule is CC(C)CNC(=O)COC(=O)/C=C/c1ccc2c(c1)OCCCO2. The third-order valence-corrected chi connectivity index (χ3v) is 3.24. The van der Waals surface area contributed by atoms with Gasteiger partial charge in [-0.15, -0.1) is 0 Å². The summed E-state index contributed by atoms with van der Waals surface area (Å²) in [6.45, 7) is 5.50. The highest BCUT2D eigenvalue weighted by Crippen LogP contribution is 2.30. The molecule has 2 rings (SSSR count). The molecule has 1 aliphatic rings. The average molecular weight is 333 g/mol. The summed E-state index contributed by atoms with van der Waals surface area (Å²) >= 11 is 0. The molecule has 0 bridgehead atoms. The van der Waals surface area contributed by atoms with E-state index in [2.05, 4.69) is 5.32 Å². The minimum absolute atomic E-state index is 0.281. The number of benzene rings is 1. The van der Waals surface area contributed by atoms with Crippen molar-refractivity contribution >= 4 is 18.0 Å². The predicted molar refractivity (Wildman–Crippen MR) is 89.9 cm³/mol. The first-order chi connectivity index (χ1) is 11.5. The van der Waals surface area contributed by atoms with E-state index < -0.39 is 5.97 Å². The first-order valence-electron chi connectivity index (χ1n) is 8.06. The van der Waals surface area contributed by atoms with Gasteiger partial charge in [0.05, 0.1) is 13.2 Å². The summed E-state index contributed by atoms with van der Waals surface area (Å²) in [6, 6.07) is 5.44. The smallest absolute Gasteiger partial charge is 0.331 e. The molecule has 1 N–H and O–H groups in total. The molecule has 0 saturated carbocycles. The number of nitrogens with one attached hydrogen (secondary N) is 1. The van der Waals surface area contributed by atoms with Crippen LogP contribution in [-0.4, -0.2) is 38.2 Å². The molecule has 0 unspecified atom stereocenters. The number of ether oxygens (including phenoxy) is 3. The normalized spacial score (nSPS) is 13.6. The Kier molecular flexibility index (Phi) is 6.66. The number of amides is 1. The van der Waals surface area contributed by atoms with Crippen LogP contribution in [0.1, 0.15) is 25.8 Å². The van der Waals surface area contributed by atoms with Crippen molar-refractivity contribution in [3.8, 4) is 11.5 Å². The molecule has 24 heavy (non-hydrogen) atoms. The van der Waals surface area contributed by atoms with Gasteiger partial charge in [-0.2, -0.15) is 0 Å². The Labute approximate surface area is 141 Å². The lowest BCUT2D eigenvalue weighted by Crippen LogP contribution is -2.31. The van der Waals surface area contributed by atoms with E-state index in [1.165, 1.54) is 6.08 Å². The number of fused-ring (bicyclic) bond motifs is 1. The van der Waals surface area contributed by atoms with Gasteiger partial charge in [0.2, 0.25) is 0 Å². The van der Waals surface area contributed by atoms with Gasteiger partial charge in [0.15, 0.2) is 18.1 Å². The number of rotatable bonds is 6. The summed E-state index contributed by atoms with van der Waals surface area (Å²) < 4.78 is 16.0. The zero-order chi connectivity index (χ0) is 17.4. The molecule has 1 aromatic carbocycles. The zero-order valence-electron chi connectivity index (χ0n) is 14.0. The van der Waals surface area contributed by atoms with Gasteiger partial charge in [-0.1, -0.05) is 19.9 Å². The molecule has 0 aromatic heterocycles. The monoisotopic (exact) mass is 333 g/mol. The van der Waals surface area contributed by atoms with Crippen molar-refractivity contribution in [1.82, 2.24) is 5.32 Å². The van der Waals surface area contributed by atoms with Crippen LogP contribution in [0.25, 0.3) is 6.08 Å². The highest BCUT2D eigenvalue weighted by molar-refractivity contribution is 5.89. The number of hydrogen-bond acceptors (Lipinski definition) is 5. The van der Waals surface area contributed by atoms with Crippen LogP contribution in [0.3, 0.4) is 0 Å². The molecule has 0 fully saturated rings. The van der Waals surface area contributed by atoms with Crippen LogP contribution in [0.2, 0.25) is 0 Å². The van der Waals surface area contributed by atoms with Crippen molar-refractivity contribution in [3.63, 3.8) is 0 Å². The molecule has 0 spiro atoms. The van der Waals surface area contributed by atoms with E-state index in [9.17, 15) is 9.59 Å². The van der Waals surface area contributed by atoms with E-state index in [1.807, 2.05) is 26.0 Å². The first kappa shape index (κ1) is 17.8. The van der Waals surface area contributed by atoms with Gasteiger partial charge in [0, 0.05) is 19.0 Å². The molecule has 130 valence electrons. The quantitative estimate of drug-likeness (QED) is 0.638. The molecular weight excluding hydrogens is 310 g/mol. The lowest BCUT2D eigenvalue weighted by atomic mass is 10.2. The van der Waals surface area contributed by atoms with Crippen molar-refractivity contribution in [1.29, 1.82) is 0 Å². The minimum atomic E-state index is -0.568. The Balaban J connectivity index is 1.83. The third-order valence-electron chi connectivity index (χ3n) is 3.24. The zero-order valence-corrected chi connectivity index (χ0v) is 14.0. The van der Waals surface area contributed by atoms with Crippen molar-refractivity contribution < 1.29 is 23.8 Å². The van der Waals surface area contributed by atoms with Gasteiger partial charge in [0.1, 0.15) is 0 Å². The second-order valence-corrected chi connectivity index (χ2v) is 5.90. The Morgan fingerprint density at radius 2 is 2.00 bits per heavy atom. The van der Waals surface area contributed by atoms with Crippen LogP contribution in [0.15, 0.2) is 24.3 Å². The largest absolute Gasteiger partial charge is 0.490 e. The summed E-state index contributed by atoms with van der Waals surface area (Å²) in [5.41, 5.74) is 0.792. The van der Waals surface area contributed by atoms with Gasteiger partial charge in [-0.05, 0) is 29.7 Å². The first-order valence-corrected chi connectivity index (χ1v) is 8.06. The maximum Gasteiger partial charge on any atom is 0.331 e. The average Bonchev–Trinajstić information content (AvgIpc) is 2.81. The predicted octanol–water partition coefficient (Wildman–Crippen LogP) is 2.18. The molecule has 0 radical (unpaired) electrons. The number of carbonyl (C=O) groups is 2. The second kappa shape index (κ2) is 8.96. The molecule has 0 saturated heterocycles. The Hall–Kier alpha value is -2.50. The third kappa shape index (κ3) is 5.95. The highest BCUT2D eigenvalue weighted by Gasteiger charge is 2.10. The van der Waals surface area contributed by atoms with Gasteiger partial charge >= 0.3 is 5.97 Å². The van der Waals surface area contributed by atoms with Gasteiger partial charge in [-0.3, -0.25) is 4.79 Å². The summed E-state index contributed by atoms with van der Waals surface area (Å²) in [4.78, 5) is 23.1. The summed E-state index contributed by atoms with van der Waals surface area (Å²) in [5.74, 6) is 0.844. The fourth-order valence-corrected chi connectivity index (χ4v) is 2.00. The molecule has 6 nitrogen and oxygen atoms in total. The summed E-state index contributed by atoms with van der Waals surface area (Å²) in [6.07, 6.45) is 3.74. The van der Waals surface area contributed by atoms with Crippen LogP contribution >= 0.6 is 0 Å². The number of esters is 1. The Bertz CT molecular complexity index is 609. The topological polar surface area (TPSA) is 73.9 Å². The van der Waals surface area contributed by atoms with E-state index in [-0.39, 0.29) is 12.5 Å². The van der Waals surface area contributed by atoms with Crippen LogP contribution in [0.4, 0.5) is 0 Å². The van der Waals surface area contributed by atoms with Gasteiger partial charge in [-0.25, -0.2) is 4.79 Å². The fourth-order valence-electron chi connectivity index (χ4n) is 2.00. The summed E-state index contributed by atoms with van der Waals surface area (Å²) in [5, 5.41) is 2.68. The molecule has 0 atom stereocenters. The molecule has 1 amide bonds. The van der Waals surface area contributed by atoms with Crippen molar-refractivity contribution in [2.45, 2.75) is 20.3 Å². The number of hydrogen-bond donors (Lipinski definition) is 1. The lowest BCUT2D eigenvalue weighted by Gasteiger charge is -2.08. The van der Waals surface area contributed by atoms with Crippen molar-refractivity contribution in [2.24, 2.45) is 5.92 Å². The Morgan fingerprint density at radius 1 is 1.25 bits per heavy atom. The van der Waals surface area contributed by atoms with Crippen LogP contribution < -0.4 is 14.8 Å². The molecule has 1 heterocycles. The van der Waals surface area contributed by atoms with Gasteiger partial charge in [0.25, 0.3) is 5.91 Å². The van der Waals surface area contributed by atoms with E-state index in [0.717, 1.165) is 12.0 Å². The molecule has 1 aromatic rings. The van der Waals surface area contributed by atoms with Gasteiger partial charge < -0.3 is 19.5 Å². The van der Waals surface area contributed by atoms with E-state index in [4.69, 9.17) is 14.2 Å². The van der Waals surface area contributed by atoms with E-state index >= 15 is 0 Å². The summed E-state index contributed by atoms with van der Waals surface area (Å²) in [7, 11) is 0. The van der Waals surface area contributed by atoms with E-state index in [1.54, 1.807) is 12.1 Å². The maximum atomic E-state index is 11.7. The lowest BCUT2D eigenvalue weighted by molar-refractivity contribution is -0.143. The maximum absolute atomic E-state index is 11.7. The van der Waals surface area contributed by atoms with Crippen LogP contribution in [0, 0.1) is 5.92 Å². The fraction of sp³-hybridized carbons (Fsp3) is 0.444. The molecule has 1 aliphatic heterocycles. The molecular formula is C18H23NO5. The minimum Gasteiger partial charge on any atom is -0.490 e. The van der Waals surface area contributed by atoms with Crippen molar-refractivity contribution in [2.75, 3.05) is 26.4 Å².